The number of hydrogen-bond acceptors (Lipinski definition) is 7. The molecule has 0 aromatic heterocycles. The molecule has 0 bridgehead atoms. The smallest absolute Gasteiger partial charge is 0.303 e. The van der Waals surface area contributed by atoms with Crippen molar-refractivity contribution in [3.63, 3.8) is 0 Å². The molecule has 0 atom stereocenters. The van der Waals surface area contributed by atoms with E-state index in [1.807, 2.05) is 13.8 Å². The fourth-order valence-corrected chi connectivity index (χ4v) is 2.76. The number of nitro benzene ring substituents is 2. The lowest BCUT2D eigenvalue weighted by Gasteiger charge is -2.19. The summed E-state index contributed by atoms with van der Waals surface area (Å²) in [4.78, 5) is 22.1. The van der Waals surface area contributed by atoms with Crippen LogP contribution >= 0.6 is 0 Å². The van der Waals surface area contributed by atoms with E-state index in [2.05, 4.69) is 10.5 Å². The Labute approximate surface area is 146 Å². The maximum Gasteiger partial charge on any atom is 0.303 e. The second kappa shape index (κ2) is 8.95. The highest BCUT2D eigenvalue weighted by atomic mass is 16.6. The summed E-state index contributed by atoms with van der Waals surface area (Å²) in [5, 5.41) is 37.9. The topological polar surface area (TPSA) is 131 Å². The third-order valence-electron chi connectivity index (χ3n) is 4.13. The zero-order chi connectivity index (χ0) is 19.1. The Kier molecular flexibility index (Phi) is 7.28. The molecule has 0 fully saturated rings. The molecule has 138 valence electrons. The summed E-state index contributed by atoms with van der Waals surface area (Å²) in [5.41, 5.74) is 0.0800. The minimum atomic E-state index is -0.607. The predicted octanol–water partition coefficient (Wildman–Crippen LogP) is 4.23. The number of nitrogens with one attached hydrogen (secondary N) is 1. The van der Waals surface area contributed by atoms with E-state index >= 15 is 0 Å². The summed E-state index contributed by atoms with van der Waals surface area (Å²) in [6, 6.07) is 1.25. The van der Waals surface area contributed by atoms with Crippen molar-refractivity contribution in [2.24, 2.45) is 5.16 Å². The first kappa shape index (κ1) is 20.3. The van der Waals surface area contributed by atoms with Gasteiger partial charge in [-0.3, -0.25) is 20.2 Å². The van der Waals surface area contributed by atoms with Crippen LogP contribution in [0.4, 0.5) is 17.1 Å². The molecule has 2 N–H and O–H groups in total. The van der Waals surface area contributed by atoms with Crippen molar-refractivity contribution < 1.29 is 15.1 Å². The SMILES string of the molecule is CCC(CC)Nc1c([N+](=O)[O-])cc(C(C)C)c(CC=NO)c1[N+](=O)[O-]. The van der Waals surface area contributed by atoms with Crippen LogP contribution in [0.2, 0.25) is 0 Å². The highest BCUT2D eigenvalue weighted by Crippen LogP contribution is 2.42. The normalized spacial score (nSPS) is 11.4. The Morgan fingerprint density at radius 2 is 1.84 bits per heavy atom. The summed E-state index contributed by atoms with van der Waals surface area (Å²) in [5.74, 6) is -0.165. The Balaban J connectivity index is 3.80. The summed E-state index contributed by atoms with van der Waals surface area (Å²) in [6.07, 6.45) is 2.49. The van der Waals surface area contributed by atoms with Gasteiger partial charge >= 0.3 is 5.69 Å². The molecule has 0 aliphatic rings. The van der Waals surface area contributed by atoms with Crippen molar-refractivity contribution in [2.45, 2.75) is 58.9 Å². The second-order valence-corrected chi connectivity index (χ2v) is 6.02. The second-order valence-electron chi connectivity index (χ2n) is 6.02. The third-order valence-corrected chi connectivity index (χ3v) is 4.13. The average Bonchev–Trinajstić information content (AvgIpc) is 2.56. The minimum Gasteiger partial charge on any atom is -0.411 e. The number of benzene rings is 1. The van der Waals surface area contributed by atoms with E-state index in [1.54, 1.807) is 13.8 Å². The molecule has 0 saturated carbocycles. The highest BCUT2D eigenvalue weighted by molar-refractivity contribution is 5.81. The number of hydrogen-bond donors (Lipinski definition) is 2. The van der Waals surface area contributed by atoms with Gasteiger partial charge in [-0.15, -0.1) is 5.16 Å². The summed E-state index contributed by atoms with van der Waals surface area (Å²) in [7, 11) is 0. The summed E-state index contributed by atoms with van der Waals surface area (Å²) in [6.45, 7) is 7.41. The van der Waals surface area contributed by atoms with Crippen LogP contribution in [0.5, 0.6) is 0 Å². The van der Waals surface area contributed by atoms with Crippen LogP contribution in [0.15, 0.2) is 11.2 Å². The Hall–Kier alpha value is -2.71. The van der Waals surface area contributed by atoms with Crippen molar-refractivity contribution in [3.05, 3.63) is 37.4 Å². The van der Waals surface area contributed by atoms with E-state index in [1.165, 1.54) is 6.07 Å². The molecule has 0 unspecified atom stereocenters. The maximum absolute atomic E-state index is 11.7. The largest absolute Gasteiger partial charge is 0.411 e. The van der Waals surface area contributed by atoms with E-state index in [4.69, 9.17) is 5.21 Å². The van der Waals surface area contributed by atoms with E-state index in [9.17, 15) is 20.2 Å². The van der Waals surface area contributed by atoms with Gasteiger partial charge in [0.1, 0.15) is 0 Å². The zero-order valence-corrected chi connectivity index (χ0v) is 14.9. The van der Waals surface area contributed by atoms with Crippen molar-refractivity contribution >= 4 is 23.3 Å². The first-order chi connectivity index (χ1) is 11.8. The van der Waals surface area contributed by atoms with Crippen molar-refractivity contribution in [2.75, 3.05) is 5.32 Å². The lowest BCUT2D eigenvalue weighted by molar-refractivity contribution is -0.392. The van der Waals surface area contributed by atoms with E-state index < -0.39 is 9.85 Å². The van der Waals surface area contributed by atoms with Gasteiger partial charge in [0.2, 0.25) is 0 Å². The Morgan fingerprint density at radius 1 is 1.24 bits per heavy atom. The van der Waals surface area contributed by atoms with Crippen molar-refractivity contribution in [1.82, 2.24) is 0 Å². The fraction of sp³-hybridized carbons (Fsp3) is 0.562. The van der Waals surface area contributed by atoms with Crippen LogP contribution < -0.4 is 5.32 Å². The summed E-state index contributed by atoms with van der Waals surface area (Å²) >= 11 is 0. The molecule has 0 amide bonds. The lowest BCUT2D eigenvalue weighted by atomic mass is 9.92. The number of rotatable bonds is 9. The van der Waals surface area contributed by atoms with Gasteiger partial charge in [-0.2, -0.15) is 0 Å². The molecule has 9 nitrogen and oxygen atoms in total. The molecule has 0 aliphatic carbocycles. The maximum atomic E-state index is 11.7. The molecule has 1 rings (SSSR count). The fourth-order valence-electron chi connectivity index (χ4n) is 2.76. The Bertz CT molecular complexity index is 669. The first-order valence-electron chi connectivity index (χ1n) is 8.19. The molecule has 0 saturated heterocycles. The van der Waals surface area contributed by atoms with E-state index in [0.29, 0.717) is 24.0 Å². The quantitative estimate of drug-likeness (QED) is 0.296. The van der Waals surface area contributed by atoms with Crippen LogP contribution in [0.3, 0.4) is 0 Å². The van der Waals surface area contributed by atoms with Crippen molar-refractivity contribution in [1.29, 1.82) is 0 Å². The highest BCUT2D eigenvalue weighted by Gasteiger charge is 2.33. The zero-order valence-electron chi connectivity index (χ0n) is 14.9. The van der Waals surface area contributed by atoms with Crippen LogP contribution in [-0.4, -0.2) is 27.3 Å². The Morgan fingerprint density at radius 3 is 2.24 bits per heavy atom. The molecule has 1 aromatic carbocycles. The lowest BCUT2D eigenvalue weighted by Crippen LogP contribution is -2.20. The molecule has 9 heteroatoms. The van der Waals surface area contributed by atoms with Crippen LogP contribution in [0.1, 0.15) is 57.6 Å². The van der Waals surface area contributed by atoms with Crippen LogP contribution in [0.25, 0.3) is 0 Å². The molecular formula is C16H24N4O5. The summed E-state index contributed by atoms with van der Waals surface area (Å²) < 4.78 is 0. The van der Waals surface area contributed by atoms with Gasteiger partial charge in [-0.1, -0.05) is 27.7 Å². The molecule has 0 aliphatic heterocycles. The van der Waals surface area contributed by atoms with E-state index in [0.717, 1.165) is 6.21 Å². The van der Waals surface area contributed by atoms with Crippen LogP contribution in [0, 0.1) is 20.2 Å². The number of nitro groups is 2. The molecule has 0 spiro atoms. The monoisotopic (exact) mass is 352 g/mol. The molecular weight excluding hydrogens is 328 g/mol. The van der Waals surface area contributed by atoms with Gasteiger partial charge in [-0.05, 0) is 24.3 Å². The van der Waals surface area contributed by atoms with Gasteiger partial charge in [0.25, 0.3) is 5.69 Å². The predicted molar refractivity (Wildman–Crippen MR) is 95.8 cm³/mol. The average molecular weight is 352 g/mol. The number of anilines is 1. The first-order valence-corrected chi connectivity index (χ1v) is 8.19. The van der Waals surface area contributed by atoms with Gasteiger partial charge < -0.3 is 10.5 Å². The minimum absolute atomic E-state index is 0.00984. The third kappa shape index (κ3) is 4.65. The molecule has 25 heavy (non-hydrogen) atoms. The number of oxime groups is 1. The van der Waals surface area contributed by atoms with Gasteiger partial charge in [0.05, 0.1) is 9.85 Å². The molecule has 0 heterocycles. The molecule has 1 aromatic rings. The standard InChI is InChI=1S/C16H24N4O5/c1-5-11(6-2)18-15-14(19(22)23)9-13(10(3)4)12(7-8-17-21)16(15)20(24)25/h8-11,18,21H,5-7H2,1-4H3. The molecule has 0 radical (unpaired) electrons. The van der Waals surface area contributed by atoms with Gasteiger partial charge in [-0.25, -0.2) is 0 Å². The van der Waals surface area contributed by atoms with Crippen LogP contribution in [-0.2, 0) is 6.42 Å². The van der Waals surface area contributed by atoms with Gasteiger partial charge in [0.15, 0.2) is 5.69 Å². The van der Waals surface area contributed by atoms with E-state index in [-0.39, 0.29) is 35.4 Å². The number of nitrogens with zero attached hydrogens (tertiary/aromatic N) is 3. The van der Waals surface area contributed by atoms with Gasteiger partial charge in [0, 0.05) is 30.3 Å². The van der Waals surface area contributed by atoms with Crippen molar-refractivity contribution in [3.8, 4) is 0 Å².